The number of para-hydroxylation sites is 1. The molecule has 0 N–H and O–H groups in total. The lowest BCUT2D eigenvalue weighted by molar-refractivity contribution is 0.517. The number of anilines is 1. The van der Waals surface area contributed by atoms with E-state index in [9.17, 15) is 0 Å². The van der Waals surface area contributed by atoms with Crippen molar-refractivity contribution in [3.05, 3.63) is 45.7 Å². The van der Waals surface area contributed by atoms with Crippen LogP contribution in [0, 0.1) is 12.8 Å². The van der Waals surface area contributed by atoms with E-state index in [-0.39, 0.29) is 0 Å². The monoisotopic (exact) mass is 347 g/mol. The third-order valence-corrected chi connectivity index (χ3v) is 5.26. The summed E-state index contributed by atoms with van der Waals surface area (Å²) in [4.78, 5) is 2.50. The lowest BCUT2D eigenvalue weighted by atomic mass is 9.94. The fourth-order valence-corrected chi connectivity index (χ4v) is 3.67. The number of rotatable bonds is 3. The number of hydrogen-bond acceptors (Lipinski definition) is 2. The zero-order valence-electron chi connectivity index (χ0n) is 12.9. The Bertz CT molecular complexity index is 647. The number of fused-ring (bicyclic) bond motifs is 1. The summed E-state index contributed by atoms with van der Waals surface area (Å²) in [6, 6.07) is 8.79. The van der Waals surface area contributed by atoms with E-state index < -0.39 is 0 Å². The Morgan fingerprint density at radius 3 is 2.86 bits per heavy atom. The maximum Gasteiger partial charge on any atom is 0.0739 e. The normalized spacial score (nSPS) is 17.9. The SMILES string of the molecule is CCn1nc(C)c(Br)c1CN1CC(C)Cc2ccccc21. The third kappa shape index (κ3) is 2.73. The van der Waals surface area contributed by atoms with E-state index in [0.717, 1.165) is 29.8 Å². The van der Waals surface area contributed by atoms with Gasteiger partial charge in [0.25, 0.3) is 0 Å². The molecule has 1 aliphatic heterocycles. The van der Waals surface area contributed by atoms with Crippen molar-refractivity contribution in [1.29, 1.82) is 0 Å². The lowest BCUT2D eigenvalue weighted by Gasteiger charge is -2.35. The number of nitrogens with zero attached hydrogens (tertiary/aromatic N) is 3. The molecule has 112 valence electrons. The molecule has 0 saturated heterocycles. The molecule has 21 heavy (non-hydrogen) atoms. The summed E-state index contributed by atoms with van der Waals surface area (Å²) in [7, 11) is 0. The molecule has 0 bridgehead atoms. The average Bonchev–Trinajstić information content (AvgIpc) is 2.75. The maximum atomic E-state index is 4.61. The van der Waals surface area contributed by atoms with Crippen LogP contribution in [0.25, 0.3) is 0 Å². The standard InChI is InChI=1S/C17H22BrN3/c1-4-21-16(17(18)13(3)19-21)11-20-10-12(2)9-14-7-5-6-8-15(14)20/h5-8,12H,4,9-11H2,1-3H3. The van der Waals surface area contributed by atoms with Crippen LogP contribution >= 0.6 is 15.9 Å². The molecule has 0 amide bonds. The predicted octanol–water partition coefficient (Wildman–Crippen LogP) is 4.17. The minimum atomic E-state index is 0.692. The van der Waals surface area contributed by atoms with E-state index in [4.69, 9.17) is 0 Å². The highest BCUT2D eigenvalue weighted by Crippen LogP contribution is 2.32. The molecule has 3 rings (SSSR count). The molecule has 1 unspecified atom stereocenters. The van der Waals surface area contributed by atoms with Crippen LogP contribution in [0.2, 0.25) is 0 Å². The Morgan fingerprint density at radius 1 is 1.33 bits per heavy atom. The highest BCUT2D eigenvalue weighted by atomic mass is 79.9. The zero-order chi connectivity index (χ0) is 15.0. The molecule has 0 spiro atoms. The van der Waals surface area contributed by atoms with Crippen LogP contribution in [-0.2, 0) is 19.5 Å². The molecule has 2 aromatic rings. The molecule has 0 fully saturated rings. The van der Waals surface area contributed by atoms with Gasteiger partial charge in [0.2, 0.25) is 0 Å². The molecule has 0 saturated carbocycles. The number of aromatic nitrogens is 2. The van der Waals surface area contributed by atoms with Crippen molar-refractivity contribution >= 4 is 21.6 Å². The molecule has 0 radical (unpaired) electrons. The maximum absolute atomic E-state index is 4.61. The highest BCUT2D eigenvalue weighted by molar-refractivity contribution is 9.10. The van der Waals surface area contributed by atoms with E-state index in [1.807, 2.05) is 0 Å². The second-order valence-corrected chi connectivity index (χ2v) is 6.77. The van der Waals surface area contributed by atoms with Crippen LogP contribution in [-0.4, -0.2) is 16.3 Å². The van der Waals surface area contributed by atoms with Crippen LogP contribution in [0.15, 0.2) is 28.7 Å². The van der Waals surface area contributed by atoms with Crippen molar-refractivity contribution in [2.24, 2.45) is 5.92 Å². The summed E-state index contributed by atoms with van der Waals surface area (Å²) in [5.74, 6) is 0.692. The number of benzene rings is 1. The molecule has 1 aliphatic rings. The minimum absolute atomic E-state index is 0.692. The summed E-state index contributed by atoms with van der Waals surface area (Å²) in [5.41, 5.74) is 5.19. The summed E-state index contributed by atoms with van der Waals surface area (Å²) in [6.07, 6.45) is 1.18. The third-order valence-electron chi connectivity index (χ3n) is 4.23. The molecule has 4 heteroatoms. The second kappa shape index (κ2) is 5.84. The average molecular weight is 348 g/mol. The largest absolute Gasteiger partial charge is 0.365 e. The van der Waals surface area contributed by atoms with Gasteiger partial charge in [0.1, 0.15) is 0 Å². The number of hydrogen-bond donors (Lipinski definition) is 0. The van der Waals surface area contributed by atoms with Crippen molar-refractivity contribution in [3.63, 3.8) is 0 Å². The highest BCUT2D eigenvalue weighted by Gasteiger charge is 2.23. The fourth-order valence-electron chi connectivity index (χ4n) is 3.26. The first kappa shape index (κ1) is 14.6. The van der Waals surface area contributed by atoms with Crippen LogP contribution in [0.1, 0.15) is 30.8 Å². The molecule has 3 nitrogen and oxygen atoms in total. The van der Waals surface area contributed by atoms with Gasteiger partial charge in [0.05, 0.1) is 22.4 Å². The first-order valence-corrected chi connectivity index (χ1v) is 8.44. The molecular weight excluding hydrogens is 326 g/mol. The van der Waals surface area contributed by atoms with E-state index >= 15 is 0 Å². The van der Waals surface area contributed by atoms with Gasteiger partial charge in [-0.1, -0.05) is 25.1 Å². The van der Waals surface area contributed by atoms with Gasteiger partial charge >= 0.3 is 0 Å². The van der Waals surface area contributed by atoms with Crippen LogP contribution < -0.4 is 4.90 Å². The van der Waals surface area contributed by atoms with Gasteiger partial charge < -0.3 is 4.90 Å². The number of aryl methyl sites for hydroxylation is 2. The first-order chi connectivity index (χ1) is 10.1. The van der Waals surface area contributed by atoms with Gasteiger partial charge in [-0.3, -0.25) is 4.68 Å². The first-order valence-electron chi connectivity index (χ1n) is 7.64. The second-order valence-electron chi connectivity index (χ2n) is 5.98. The van der Waals surface area contributed by atoms with E-state index in [1.54, 1.807) is 0 Å². The van der Waals surface area contributed by atoms with E-state index in [2.05, 4.69) is 75.6 Å². The van der Waals surface area contributed by atoms with Gasteiger partial charge in [0, 0.05) is 18.8 Å². The molecular formula is C17H22BrN3. The number of halogens is 1. The van der Waals surface area contributed by atoms with Gasteiger partial charge in [-0.2, -0.15) is 5.10 Å². The molecule has 1 aromatic carbocycles. The summed E-state index contributed by atoms with van der Waals surface area (Å²) < 4.78 is 3.27. The van der Waals surface area contributed by atoms with Crippen molar-refractivity contribution < 1.29 is 0 Å². The Hall–Kier alpha value is -1.29. The van der Waals surface area contributed by atoms with Crippen molar-refractivity contribution in [2.45, 2.75) is 40.3 Å². The van der Waals surface area contributed by atoms with E-state index in [0.29, 0.717) is 5.92 Å². The molecule has 2 heterocycles. The summed E-state index contributed by atoms with van der Waals surface area (Å²) in [5, 5.41) is 4.61. The summed E-state index contributed by atoms with van der Waals surface area (Å²) >= 11 is 3.71. The smallest absolute Gasteiger partial charge is 0.0739 e. The quantitative estimate of drug-likeness (QED) is 0.830. The molecule has 1 atom stereocenters. The minimum Gasteiger partial charge on any atom is -0.365 e. The zero-order valence-corrected chi connectivity index (χ0v) is 14.5. The Kier molecular flexibility index (Phi) is 4.07. The Labute approximate surface area is 135 Å². The van der Waals surface area contributed by atoms with Gasteiger partial charge in [-0.05, 0) is 53.7 Å². The van der Waals surface area contributed by atoms with Crippen LogP contribution in [0.3, 0.4) is 0 Å². The fraction of sp³-hybridized carbons (Fsp3) is 0.471. The van der Waals surface area contributed by atoms with Crippen LogP contribution in [0.5, 0.6) is 0 Å². The van der Waals surface area contributed by atoms with Gasteiger partial charge in [0.15, 0.2) is 0 Å². The van der Waals surface area contributed by atoms with Crippen molar-refractivity contribution in [2.75, 3.05) is 11.4 Å². The molecule has 1 aromatic heterocycles. The van der Waals surface area contributed by atoms with Gasteiger partial charge in [-0.25, -0.2) is 0 Å². The van der Waals surface area contributed by atoms with E-state index in [1.165, 1.54) is 23.4 Å². The predicted molar refractivity (Wildman–Crippen MR) is 90.7 cm³/mol. The Morgan fingerprint density at radius 2 is 2.10 bits per heavy atom. The van der Waals surface area contributed by atoms with Crippen molar-refractivity contribution in [1.82, 2.24) is 9.78 Å². The van der Waals surface area contributed by atoms with Crippen LogP contribution in [0.4, 0.5) is 5.69 Å². The van der Waals surface area contributed by atoms with Gasteiger partial charge in [-0.15, -0.1) is 0 Å². The molecule has 0 aliphatic carbocycles. The topological polar surface area (TPSA) is 21.1 Å². The lowest BCUT2D eigenvalue weighted by Crippen LogP contribution is -2.34. The Balaban J connectivity index is 1.95. The van der Waals surface area contributed by atoms with Crippen molar-refractivity contribution in [3.8, 4) is 0 Å². The summed E-state index contributed by atoms with van der Waals surface area (Å²) in [6.45, 7) is 9.48.